The van der Waals surface area contributed by atoms with Gasteiger partial charge in [0.25, 0.3) is 0 Å². The molecule has 1 N–H and O–H groups in total. The molecule has 2 amide bonds. The van der Waals surface area contributed by atoms with E-state index in [2.05, 4.69) is 11.8 Å². The highest BCUT2D eigenvalue weighted by Crippen LogP contribution is 2.30. The maximum absolute atomic E-state index is 12.8. The lowest BCUT2D eigenvalue weighted by Gasteiger charge is -2.44. The topological polar surface area (TPSA) is 64.1 Å². The molecule has 1 aliphatic carbocycles. The van der Waals surface area contributed by atoms with Gasteiger partial charge in [-0.2, -0.15) is 0 Å². The van der Waals surface area contributed by atoms with Crippen molar-refractivity contribution < 1.29 is 14.7 Å². The molecular weight excluding hydrogens is 270 g/mol. The van der Waals surface area contributed by atoms with Crippen LogP contribution in [-0.2, 0) is 4.79 Å². The molecule has 0 aromatic rings. The molecule has 21 heavy (non-hydrogen) atoms. The molecule has 0 bridgehead atoms. The van der Waals surface area contributed by atoms with Crippen LogP contribution in [0.5, 0.6) is 0 Å². The third kappa shape index (κ3) is 3.15. The number of amides is 2. The number of carboxylic acid groups (broad SMARTS) is 1. The number of nitrogens with zero attached hydrogens (tertiary/aromatic N) is 3. The third-order valence-corrected chi connectivity index (χ3v) is 4.98. The van der Waals surface area contributed by atoms with Crippen LogP contribution in [0.2, 0.25) is 0 Å². The Bertz CT molecular complexity index is 424. The van der Waals surface area contributed by atoms with Crippen molar-refractivity contribution >= 4 is 12.0 Å². The lowest BCUT2D eigenvalue weighted by Crippen LogP contribution is -2.59. The molecule has 0 radical (unpaired) electrons. The number of fused-ring (bicyclic) bond motifs is 1. The van der Waals surface area contributed by atoms with Gasteiger partial charge in [0.05, 0.1) is 6.42 Å². The molecule has 0 aromatic heterocycles. The number of piperazine rings is 1. The van der Waals surface area contributed by atoms with Gasteiger partial charge in [0.2, 0.25) is 0 Å². The smallest absolute Gasteiger partial charge is 0.320 e. The van der Waals surface area contributed by atoms with Crippen LogP contribution in [0.4, 0.5) is 4.79 Å². The van der Waals surface area contributed by atoms with E-state index < -0.39 is 5.97 Å². The highest BCUT2D eigenvalue weighted by Gasteiger charge is 2.41. The van der Waals surface area contributed by atoms with Crippen molar-refractivity contribution in [3.05, 3.63) is 0 Å². The minimum absolute atomic E-state index is 0.0417. The summed E-state index contributed by atoms with van der Waals surface area (Å²) in [6.45, 7) is 5.36. The molecule has 2 heterocycles. The summed E-state index contributed by atoms with van der Waals surface area (Å²) in [6.07, 6.45) is 4.48. The van der Waals surface area contributed by atoms with Crippen molar-refractivity contribution in [3.63, 3.8) is 0 Å². The first-order valence-corrected chi connectivity index (χ1v) is 8.09. The quantitative estimate of drug-likeness (QED) is 0.847. The molecule has 2 atom stereocenters. The van der Waals surface area contributed by atoms with Crippen LogP contribution in [-0.4, -0.2) is 76.1 Å². The van der Waals surface area contributed by atoms with E-state index in [4.69, 9.17) is 5.11 Å². The van der Waals surface area contributed by atoms with Crippen LogP contribution in [0, 0.1) is 0 Å². The van der Waals surface area contributed by atoms with E-state index in [1.54, 1.807) is 4.90 Å². The van der Waals surface area contributed by atoms with Gasteiger partial charge in [-0.15, -0.1) is 0 Å². The second-order valence-electron chi connectivity index (χ2n) is 6.64. The van der Waals surface area contributed by atoms with Crippen molar-refractivity contribution in [3.8, 4) is 0 Å². The maximum atomic E-state index is 12.8. The number of hydrogen-bond donors (Lipinski definition) is 1. The molecule has 0 spiro atoms. The monoisotopic (exact) mass is 295 g/mol. The van der Waals surface area contributed by atoms with Gasteiger partial charge < -0.3 is 14.9 Å². The van der Waals surface area contributed by atoms with E-state index in [0.717, 1.165) is 32.5 Å². The van der Waals surface area contributed by atoms with Crippen molar-refractivity contribution in [1.82, 2.24) is 14.7 Å². The number of aliphatic carboxylic acids is 1. The van der Waals surface area contributed by atoms with Crippen molar-refractivity contribution in [2.75, 3.05) is 26.2 Å². The fourth-order valence-corrected chi connectivity index (χ4v) is 3.66. The molecule has 118 valence electrons. The SMILES string of the molecule is CC1CN2CCCC2CN1C(=O)N(CCC(=O)O)C1CC1. The Kier molecular flexibility index (Phi) is 4.06. The summed E-state index contributed by atoms with van der Waals surface area (Å²) < 4.78 is 0. The Balaban J connectivity index is 1.65. The van der Waals surface area contributed by atoms with Crippen LogP contribution in [0.3, 0.4) is 0 Å². The highest BCUT2D eigenvalue weighted by atomic mass is 16.4. The summed E-state index contributed by atoms with van der Waals surface area (Å²) in [7, 11) is 0. The summed E-state index contributed by atoms with van der Waals surface area (Å²) in [5, 5.41) is 8.87. The standard InChI is InChI=1S/C15H25N3O3/c1-11-9-16-7-2-3-13(16)10-18(11)15(21)17(12-4-5-12)8-6-14(19)20/h11-13H,2-10H2,1H3,(H,19,20). The fourth-order valence-electron chi connectivity index (χ4n) is 3.66. The van der Waals surface area contributed by atoms with Crippen LogP contribution >= 0.6 is 0 Å². The van der Waals surface area contributed by atoms with Crippen molar-refractivity contribution in [1.29, 1.82) is 0 Å². The Morgan fingerprint density at radius 3 is 2.67 bits per heavy atom. The minimum Gasteiger partial charge on any atom is -0.481 e. The molecule has 2 unspecified atom stereocenters. The molecule has 1 saturated carbocycles. The first kappa shape index (κ1) is 14.6. The van der Waals surface area contributed by atoms with E-state index >= 15 is 0 Å². The fraction of sp³-hybridized carbons (Fsp3) is 0.867. The van der Waals surface area contributed by atoms with E-state index in [1.165, 1.54) is 12.8 Å². The normalized spacial score (nSPS) is 29.3. The summed E-state index contributed by atoms with van der Waals surface area (Å²) in [4.78, 5) is 29.9. The average molecular weight is 295 g/mol. The molecule has 3 rings (SSSR count). The zero-order valence-corrected chi connectivity index (χ0v) is 12.7. The van der Waals surface area contributed by atoms with Gasteiger partial charge in [-0.05, 0) is 39.2 Å². The van der Waals surface area contributed by atoms with E-state index in [9.17, 15) is 9.59 Å². The average Bonchev–Trinajstić information content (AvgIpc) is 3.16. The first-order valence-electron chi connectivity index (χ1n) is 8.09. The number of rotatable bonds is 4. The summed E-state index contributed by atoms with van der Waals surface area (Å²) in [6, 6.07) is 1.05. The van der Waals surface area contributed by atoms with Crippen LogP contribution in [0.25, 0.3) is 0 Å². The lowest BCUT2D eigenvalue weighted by atomic mass is 10.1. The van der Waals surface area contributed by atoms with E-state index in [1.807, 2.05) is 4.90 Å². The van der Waals surface area contributed by atoms with Crippen LogP contribution in [0.15, 0.2) is 0 Å². The molecule has 2 aliphatic heterocycles. The number of carbonyl (C=O) groups is 2. The predicted octanol–water partition coefficient (Wildman–Crippen LogP) is 1.21. The Hall–Kier alpha value is -1.30. The lowest BCUT2D eigenvalue weighted by molar-refractivity contribution is -0.137. The number of carbonyl (C=O) groups excluding carboxylic acids is 1. The van der Waals surface area contributed by atoms with Gasteiger partial charge in [-0.3, -0.25) is 9.69 Å². The van der Waals surface area contributed by atoms with Gasteiger partial charge in [0.1, 0.15) is 0 Å². The summed E-state index contributed by atoms with van der Waals surface area (Å²) in [5.41, 5.74) is 0. The molecule has 6 heteroatoms. The largest absolute Gasteiger partial charge is 0.481 e. The zero-order valence-electron chi connectivity index (χ0n) is 12.7. The summed E-state index contributed by atoms with van der Waals surface area (Å²) in [5.74, 6) is -0.831. The minimum atomic E-state index is -0.831. The Morgan fingerprint density at radius 1 is 1.24 bits per heavy atom. The molecule has 2 saturated heterocycles. The Labute approximate surface area is 125 Å². The van der Waals surface area contributed by atoms with Crippen molar-refractivity contribution in [2.45, 2.75) is 57.2 Å². The maximum Gasteiger partial charge on any atom is 0.320 e. The van der Waals surface area contributed by atoms with Crippen LogP contribution < -0.4 is 0 Å². The zero-order chi connectivity index (χ0) is 15.0. The van der Waals surface area contributed by atoms with E-state index in [0.29, 0.717) is 12.6 Å². The number of urea groups is 1. The summed E-state index contributed by atoms with van der Waals surface area (Å²) >= 11 is 0. The van der Waals surface area contributed by atoms with Crippen molar-refractivity contribution in [2.24, 2.45) is 0 Å². The Morgan fingerprint density at radius 2 is 2.00 bits per heavy atom. The number of hydrogen-bond acceptors (Lipinski definition) is 3. The highest BCUT2D eigenvalue weighted by molar-refractivity contribution is 5.76. The second-order valence-corrected chi connectivity index (χ2v) is 6.64. The third-order valence-electron chi connectivity index (χ3n) is 4.98. The van der Waals surface area contributed by atoms with Gasteiger partial charge in [-0.1, -0.05) is 0 Å². The van der Waals surface area contributed by atoms with E-state index in [-0.39, 0.29) is 24.5 Å². The first-order chi connectivity index (χ1) is 10.1. The van der Waals surface area contributed by atoms with Crippen LogP contribution in [0.1, 0.15) is 39.0 Å². The van der Waals surface area contributed by atoms with Gasteiger partial charge in [0, 0.05) is 37.8 Å². The second kappa shape index (κ2) is 5.83. The van der Waals surface area contributed by atoms with Gasteiger partial charge >= 0.3 is 12.0 Å². The molecular formula is C15H25N3O3. The molecule has 3 aliphatic rings. The van der Waals surface area contributed by atoms with Gasteiger partial charge in [0.15, 0.2) is 0 Å². The molecule has 0 aromatic carbocycles. The molecule has 6 nitrogen and oxygen atoms in total. The predicted molar refractivity (Wildman–Crippen MR) is 78.1 cm³/mol. The van der Waals surface area contributed by atoms with Gasteiger partial charge in [-0.25, -0.2) is 4.79 Å². The number of carboxylic acids is 1. The molecule has 3 fully saturated rings.